The molecule has 0 bridgehead atoms. The highest BCUT2D eigenvalue weighted by atomic mass is 32.1. The van der Waals surface area contributed by atoms with Crippen LogP contribution < -0.4 is 10.6 Å². The minimum absolute atomic E-state index is 0.336. The summed E-state index contributed by atoms with van der Waals surface area (Å²) >= 11 is 6.72. The van der Waals surface area contributed by atoms with Gasteiger partial charge in [-0.1, -0.05) is 12.1 Å². The Morgan fingerprint density at radius 3 is 2.73 bits per heavy atom. The van der Waals surface area contributed by atoms with Crippen molar-refractivity contribution in [1.82, 2.24) is 5.16 Å². The molecule has 2 aromatic rings. The van der Waals surface area contributed by atoms with E-state index in [0.717, 1.165) is 16.9 Å². The molecule has 0 atom stereocenters. The summed E-state index contributed by atoms with van der Waals surface area (Å²) < 4.78 is 9.84. The number of hydrogen-bond acceptors (Lipinski definition) is 6. The molecule has 2 rings (SSSR count). The van der Waals surface area contributed by atoms with E-state index in [1.807, 2.05) is 13.8 Å². The zero-order valence-electron chi connectivity index (χ0n) is 12.8. The summed E-state index contributed by atoms with van der Waals surface area (Å²) in [5, 5.41) is 10.8. The number of esters is 1. The maximum atomic E-state index is 12.0. The van der Waals surface area contributed by atoms with Crippen LogP contribution in [0, 0.1) is 13.8 Å². The van der Waals surface area contributed by atoms with Gasteiger partial charge in [-0.05, 0) is 38.0 Å². The number of thiophene rings is 1. The lowest BCUT2D eigenvalue weighted by atomic mass is 10.1. The molecule has 2 heterocycles. The second kappa shape index (κ2) is 6.89. The van der Waals surface area contributed by atoms with Crippen LogP contribution in [0.4, 0.5) is 10.8 Å². The molecule has 0 spiro atoms. The van der Waals surface area contributed by atoms with Gasteiger partial charge >= 0.3 is 5.97 Å². The maximum Gasteiger partial charge on any atom is 0.341 e. The van der Waals surface area contributed by atoms with Crippen molar-refractivity contribution < 1.29 is 14.1 Å². The van der Waals surface area contributed by atoms with Crippen LogP contribution in [0.25, 0.3) is 0 Å². The van der Waals surface area contributed by atoms with Gasteiger partial charge in [0.05, 0.1) is 12.7 Å². The quantitative estimate of drug-likeness (QED) is 0.652. The number of thiocarbonyl (C=S) groups is 1. The number of aromatic nitrogens is 1. The molecule has 8 heteroatoms. The van der Waals surface area contributed by atoms with Crippen LogP contribution in [0.3, 0.4) is 0 Å². The third-order valence-corrected chi connectivity index (χ3v) is 4.32. The third kappa shape index (κ3) is 3.45. The number of nitrogens with one attached hydrogen (secondary N) is 2. The molecule has 118 valence electrons. The summed E-state index contributed by atoms with van der Waals surface area (Å²) in [6.07, 6.45) is 0.747. The maximum absolute atomic E-state index is 12.0. The number of anilines is 2. The first kappa shape index (κ1) is 16.4. The average molecular weight is 339 g/mol. The van der Waals surface area contributed by atoms with E-state index in [9.17, 15) is 4.79 Å². The second-order valence-corrected chi connectivity index (χ2v) is 6.22. The Labute approximate surface area is 137 Å². The average Bonchev–Trinajstić information content (AvgIpc) is 3.00. The number of nitrogens with zero attached hydrogens (tertiary/aromatic N) is 1. The summed E-state index contributed by atoms with van der Waals surface area (Å²) in [6, 6.07) is 1.73. The van der Waals surface area contributed by atoms with Gasteiger partial charge in [-0.3, -0.25) is 0 Å². The van der Waals surface area contributed by atoms with E-state index in [4.69, 9.17) is 21.5 Å². The summed E-state index contributed by atoms with van der Waals surface area (Å²) in [5.41, 5.74) is 1.51. The van der Waals surface area contributed by atoms with Gasteiger partial charge in [0.2, 0.25) is 0 Å². The van der Waals surface area contributed by atoms with Gasteiger partial charge in [-0.15, -0.1) is 11.3 Å². The summed E-state index contributed by atoms with van der Waals surface area (Å²) in [6.45, 7) is 5.76. The molecule has 0 aliphatic rings. The smallest absolute Gasteiger partial charge is 0.341 e. The topological polar surface area (TPSA) is 76.4 Å². The van der Waals surface area contributed by atoms with Crippen LogP contribution in [-0.4, -0.2) is 23.3 Å². The van der Waals surface area contributed by atoms with Crippen molar-refractivity contribution in [2.24, 2.45) is 0 Å². The van der Waals surface area contributed by atoms with Gasteiger partial charge in [0, 0.05) is 10.9 Å². The van der Waals surface area contributed by atoms with Crippen LogP contribution in [0.5, 0.6) is 0 Å². The highest BCUT2D eigenvalue weighted by Gasteiger charge is 2.22. The SMILES string of the molecule is CCc1c(C)sc(NC(=S)Nc2cc(C)on2)c1C(=O)OC. The summed E-state index contributed by atoms with van der Waals surface area (Å²) in [4.78, 5) is 13.1. The van der Waals surface area contributed by atoms with E-state index in [2.05, 4.69) is 15.8 Å². The Balaban J connectivity index is 2.21. The molecule has 0 aromatic carbocycles. The van der Waals surface area contributed by atoms with Crippen molar-refractivity contribution in [3.63, 3.8) is 0 Å². The first-order valence-electron chi connectivity index (χ1n) is 6.68. The van der Waals surface area contributed by atoms with E-state index in [0.29, 0.717) is 27.3 Å². The van der Waals surface area contributed by atoms with Crippen molar-refractivity contribution >= 4 is 45.5 Å². The molecule has 0 radical (unpaired) electrons. The Bertz CT molecular complexity index is 706. The fourth-order valence-electron chi connectivity index (χ4n) is 2.09. The lowest BCUT2D eigenvalue weighted by Crippen LogP contribution is -2.20. The number of carbonyl (C=O) groups is 1. The van der Waals surface area contributed by atoms with Crippen molar-refractivity contribution in [1.29, 1.82) is 0 Å². The first-order chi connectivity index (χ1) is 10.5. The molecule has 22 heavy (non-hydrogen) atoms. The Morgan fingerprint density at radius 1 is 1.45 bits per heavy atom. The molecule has 0 aliphatic heterocycles. The minimum atomic E-state index is -0.371. The van der Waals surface area contributed by atoms with Gasteiger partial charge in [0.15, 0.2) is 10.9 Å². The number of methoxy groups -OCH3 is 1. The van der Waals surface area contributed by atoms with Crippen LogP contribution >= 0.6 is 23.6 Å². The van der Waals surface area contributed by atoms with Crippen LogP contribution in [0.2, 0.25) is 0 Å². The normalized spacial score (nSPS) is 10.4. The van der Waals surface area contributed by atoms with Gasteiger partial charge < -0.3 is 19.9 Å². The third-order valence-electron chi connectivity index (χ3n) is 3.05. The predicted molar refractivity (Wildman–Crippen MR) is 90.9 cm³/mol. The lowest BCUT2D eigenvalue weighted by Gasteiger charge is -2.09. The van der Waals surface area contributed by atoms with Gasteiger partial charge in [-0.25, -0.2) is 4.79 Å². The second-order valence-electron chi connectivity index (χ2n) is 4.59. The number of hydrogen-bond donors (Lipinski definition) is 2. The number of carbonyl (C=O) groups excluding carboxylic acids is 1. The minimum Gasteiger partial charge on any atom is -0.465 e. The van der Waals surface area contributed by atoms with Gasteiger partial charge in [-0.2, -0.15) is 0 Å². The predicted octanol–water partition coefficient (Wildman–Crippen LogP) is 3.51. The van der Waals surface area contributed by atoms with E-state index >= 15 is 0 Å². The Hall–Kier alpha value is -1.93. The molecular formula is C14H17N3O3S2. The number of rotatable bonds is 4. The standard InChI is InChI=1S/C14H17N3O3S2/c1-5-9-8(3)22-12(11(9)13(18)19-4)16-14(21)15-10-6-7(2)20-17-10/h6H,5H2,1-4H3,(H2,15,16,17,21). The monoisotopic (exact) mass is 339 g/mol. The van der Waals surface area contributed by atoms with Crippen molar-refractivity contribution in [3.05, 3.63) is 27.8 Å². The Morgan fingerprint density at radius 2 is 2.18 bits per heavy atom. The number of aryl methyl sites for hydroxylation is 2. The molecular weight excluding hydrogens is 322 g/mol. The van der Waals surface area contributed by atoms with Crippen LogP contribution in [0.15, 0.2) is 10.6 Å². The van der Waals surface area contributed by atoms with E-state index in [1.54, 1.807) is 13.0 Å². The molecule has 0 amide bonds. The lowest BCUT2D eigenvalue weighted by molar-refractivity contribution is 0.0601. The van der Waals surface area contributed by atoms with Gasteiger partial charge in [0.1, 0.15) is 10.8 Å². The largest absolute Gasteiger partial charge is 0.465 e. The van der Waals surface area contributed by atoms with Crippen LogP contribution in [-0.2, 0) is 11.2 Å². The van der Waals surface area contributed by atoms with Crippen molar-refractivity contribution in [3.8, 4) is 0 Å². The molecule has 2 aromatic heterocycles. The highest BCUT2D eigenvalue weighted by molar-refractivity contribution is 7.80. The zero-order chi connectivity index (χ0) is 16.3. The van der Waals surface area contributed by atoms with Crippen LogP contribution in [0.1, 0.15) is 33.5 Å². The Kier molecular flexibility index (Phi) is 5.15. The molecule has 0 saturated carbocycles. The molecule has 0 unspecified atom stereocenters. The molecule has 2 N–H and O–H groups in total. The van der Waals surface area contributed by atoms with E-state index in [1.165, 1.54) is 18.4 Å². The van der Waals surface area contributed by atoms with E-state index in [-0.39, 0.29) is 5.97 Å². The molecule has 0 fully saturated rings. The van der Waals surface area contributed by atoms with Crippen molar-refractivity contribution in [2.45, 2.75) is 27.2 Å². The molecule has 0 saturated heterocycles. The van der Waals surface area contributed by atoms with E-state index < -0.39 is 0 Å². The summed E-state index contributed by atoms with van der Waals surface area (Å²) in [5.74, 6) is 0.822. The molecule has 6 nitrogen and oxygen atoms in total. The van der Waals surface area contributed by atoms with Gasteiger partial charge in [0.25, 0.3) is 0 Å². The van der Waals surface area contributed by atoms with Crippen molar-refractivity contribution in [2.75, 3.05) is 17.7 Å². The summed E-state index contributed by atoms with van der Waals surface area (Å²) in [7, 11) is 1.37. The molecule has 0 aliphatic carbocycles. The fraction of sp³-hybridized carbons (Fsp3) is 0.357. The first-order valence-corrected chi connectivity index (χ1v) is 7.90. The zero-order valence-corrected chi connectivity index (χ0v) is 14.4. The fourth-order valence-corrected chi connectivity index (χ4v) is 3.50. The highest BCUT2D eigenvalue weighted by Crippen LogP contribution is 2.34. The number of ether oxygens (including phenoxy) is 1.